The topological polar surface area (TPSA) is 53.5 Å². The average molecular weight is 388 g/mol. The number of hydrogen-bond acceptors (Lipinski definition) is 4. The molecule has 27 heavy (non-hydrogen) atoms. The van der Waals surface area contributed by atoms with E-state index < -0.39 is 0 Å². The molecule has 1 unspecified atom stereocenters. The standard InChI is InChI=1S/C21H29N3O2S/c1-13-12-27-20(22-13)23(2)18(25)17-4-3-5-24(17)19(26)21-9-14-6-15(10-21)8-16(7-14)11-21/h12,14-17H,3-11H2,1-2H3. The van der Waals surface area contributed by atoms with Crippen LogP contribution in [0.3, 0.4) is 0 Å². The molecule has 6 heteroatoms. The van der Waals surface area contributed by atoms with E-state index in [1.165, 1.54) is 30.6 Å². The molecule has 2 heterocycles. The lowest BCUT2D eigenvalue weighted by Gasteiger charge is -2.56. The fourth-order valence-corrected chi connectivity index (χ4v) is 7.53. The maximum absolute atomic E-state index is 13.7. The second kappa shape index (κ2) is 6.29. The number of aromatic nitrogens is 1. The molecule has 1 saturated heterocycles. The summed E-state index contributed by atoms with van der Waals surface area (Å²) in [6, 6.07) is -0.306. The van der Waals surface area contributed by atoms with Crippen LogP contribution in [0.15, 0.2) is 5.38 Å². The highest BCUT2D eigenvalue weighted by Gasteiger charge is 2.57. The van der Waals surface area contributed by atoms with Gasteiger partial charge in [0.05, 0.1) is 11.1 Å². The van der Waals surface area contributed by atoms with Crippen molar-refractivity contribution in [2.75, 3.05) is 18.5 Å². The van der Waals surface area contributed by atoms with Crippen molar-refractivity contribution < 1.29 is 9.59 Å². The van der Waals surface area contributed by atoms with E-state index in [1.54, 1.807) is 11.9 Å². The Morgan fingerprint density at radius 1 is 1.19 bits per heavy atom. The fraction of sp³-hybridized carbons (Fsp3) is 0.762. The molecule has 0 aromatic carbocycles. The molecular formula is C21H29N3O2S. The maximum atomic E-state index is 13.7. The highest BCUT2D eigenvalue weighted by molar-refractivity contribution is 7.14. The molecule has 1 aromatic heterocycles. The van der Waals surface area contributed by atoms with Crippen molar-refractivity contribution in [1.82, 2.24) is 9.88 Å². The van der Waals surface area contributed by atoms with Crippen molar-refractivity contribution >= 4 is 28.3 Å². The van der Waals surface area contributed by atoms with Gasteiger partial charge in [-0.1, -0.05) is 0 Å². The minimum absolute atomic E-state index is 0.0277. The van der Waals surface area contributed by atoms with Crippen LogP contribution in [0.1, 0.15) is 57.1 Å². The van der Waals surface area contributed by atoms with Gasteiger partial charge in [0, 0.05) is 19.0 Å². The van der Waals surface area contributed by atoms with E-state index in [0.29, 0.717) is 5.91 Å². The summed E-state index contributed by atoms with van der Waals surface area (Å²) in [5.74, 6) is 2.56. The lowest BCUT2D eigenvalue weighted by molar-refractivity contribution is -0.160. The third-order valence-electron chi connectivity index (χ3n) is 7.52. The number of carbonyl (C=O) groups is 2. The summed E-state index contributed by atoms with van der Waals surface area (Å²) in [6.45, 7) is 2.68. The third-order valence-corrected chi connectivity index (χ3v) is 8.55. The monoisotopic (exact) mass is 387 g/mol. The van der Waals surface area contributed by atoms with Gasteiger partial charge in [0.15, 0.2) is 5.13 Å². The molecule has 4 bridgehead atoms. The lowest BCUT2D eigenvalue weighted by Crippen LogP contribution is -2.57. The first-order chi connectivity index (χ1) is 12.9. The van der Waals surface area contributed by atoms with Gasteiger partial charge in [0.2, 0.25) is 5.91 Å². The maximum Gasteiger partial charge on any atom is 0.251 e. The van der Waals surface area contributed by atoms with Gasteiger partial charge in [-0.05, 0) is 76.0 Å². The molecule has 0 N–H and O–H groups in total. The molecule has 2 amide bonds. The molecule has 5 aliphatic rings. The number of anilines is 1. The molecule has 1 aliphatic heterocycles. The minimum atomic E-state index is -0.306. The van der Waals surface area contributed by atoms with Crippen molar-refractivity contribution in [3.05, 3.63) is 11.1 Å². The third kappa shape index (κ3) is 2.82. The van der Waals surface area contributed by atoms with Crippen molar-refractivity contribution in [1.29, 1.82) is 0 Å². The molecule has 5 nitrogen and oxygen atoms in total. The summed E-state index contributed by atoms with van der Waals surface area (Å²) < 4.78 is 0. The average Bonchev–Trinajstić information content (AvgIpc) is 3.27. The van der Waals surface area contributed by atoms with Crippen LogP contribution in [-0.4, -0.2) is 41.3 Å². The van der Waals surface area contributed by atoms with Crippen LogP contribution in [0.5, 0.6) is 0 Å². The van der Waals surface area contributed by atoms with E-state index in [2.05, 4.69) is 4.98 Å². The SMILES string of the molecule is Cc1csc(N(C)C(=O)C2CCCN2C(=O)C23CC4CC(CC(C4)C2)C3)n1. The zero-order chi connectivity index (χ0) is 18.8. The van der Waals surface area contributed by atoms with E-state index in [9.17, 15) is 9.59 Å². The van der Waals surface area contributed by atoms with Crippen LogP contribution >= 0.6 is 11.3 Å². The summed E-state index contributed by atoms with van der Waals surface area (Å²) in [7, 11) is 1.80. The van der Waals surface area contributed by atoms with Crippen molar-refractivity contribution in [2.24, 2.45) is 23.2 Å². The quantitative estimate of drug-likeness (QED) is 0.796. The van der Waals surface area contributed by atoms with Crippen LogP contribution in [-0.2, 0) is 9.59 Å². The molecule has 6 rings (SSSR count). The second-order valence-corrected chi connectivity index (χ2v) is 10.4. The summed E-state index contributed by atoms with van der Waals surface area (Å²) >= 11 is 1.49. The van der Waals surface area contributed by atoms with Crippen LogP contribution < -0.4 is 4.90 Å². The van der Waals surface area contributed by atoms with Gasteiger partial charge in [-0.25, -0.2) is 4.98 Å². The first-order valence-corrected chi connectivity index (χ1v) is 11.3. The van der Waals surface area contributed by atoms with E-state index in [0.717, 1.165) is 67.2 Å². The number of amides is 2. The van der Waals surface area contributed by atoms with Crippen LogP contribution in [0.2, 0.25) is 0 Å². The normalized spacial score (nSPS) is 37.0. The smallest absolute Gasteiger partial charge is 0.251 e. The number of thiazole rings is 1. The predicted molar refractivity (Wildman–Crippen MR) is 106 cm³/mol. The zero-order valence-electron chi connectivity index (χ0n) is 16.3. The Bertz CT molecular complexity index is 738. The van der Waals surface area contributed by atoms with Gasteiger partial charge in [-0.15, -0.1) is 11.3 Å². The number of carbonyl (C=O) groups excluding carboxylic acids is 2. The molecular weight excluding hydrogens is 358 g/mol. The van der Waals surface area contributed by atoms with Crippen molar-refractivity contribution in [2.45, 2.75) is 64.3 Å². The fourth-order valence-electron chi connectivity index (χ4n) is 6.76. The van der Waals surface area contributed by atoms with Crippen molar-refractivity contribution in [3.8, 4) is 0 Å². The molecule has 1 aromatic rings. The van der Waals surface area contributed by atoms with Gasteiger partial charge >= 0.3 is 0 Å². The predicted octanol–water partition coefficient (Wildman–Crippen LogP) is 3.62. The number of hydrogen-bond donors (Lipinski definition) is 0. The number of nitrogens with zero attached hydrogens (tertiary/aromatic N) is 3. The number of likely N-dealkylation sites (tertiary alicyclic amines) is 1. The van der Waals surface area contributed by atoms with Gasteiger partial charge in [0.25, 0.3) is 5.91 Å². The van der Waals surface area contributed by atoms with E-state index in [1.807, 2.05) is 17.2 Å². The van der Waals surface area contributed by atoms with Gasteiger partial charge in [-0.2, -0.15) is 0 Å². The highest BCUT2D eigenvalue weighted by Crippen LogP contribution is 2.60. The molecule has 0 spiro atoms. The van der Waals surface area contributed by atoms with Crippen LogP contribution in [0, 0.1) is 30.1 Å². The number of aryl methyl sites for hydroxylation is 1. The molecule has 0 radical (unpaired) electrons. The Labute approximate surface area is 165 Å². The summed E-state index contributed by atoms with van der Waals surface area (Å²) in [5.41, 5.74) is 0.774. The lowest BCUT2D eigenvalue weighted by atomic mass is 9.49. The number of rotatable bonds is 3. The Kier molecular flexibility index (Phi) is 4.12. The summed E-state index contributed by atoms with van der Waals surface area (Å²) in [6.07, 6.45) is 8.91. The Morgan fingerprint density at radius 2 is 1.81 bits per heavy atom. The second-order valence-electron chi connectivity index (χ2n) is 9.52. The zero-order valence-corrected chi connectivity index (χ0v) is 17.1. The van der Waals surface area contributed by atoms with Gasteiger partial charge in [-0.3, -0.25) is 14.5 Å². The van der Waals surface area contributed by atoms with Crippen LogP contribution in [0.4, 0.5) is 5.13 Å². The van der Waals surface area contributed by atoms with Crippen molar-refractivity contribution in [3.63, 3.8) is 0 Å². The van der Waals surface area contributed by atoms with Gasteiger partial charge < -0.3 is 4.90 Å². The Balaban J connectivity index is 1.36. The minimum Gasteiger partial charge on any atom is -0.330 e. The largest absolute Gasteiger partial charge is 0.330 e. The molecule has 1 atom stereocenters. The summed E-state index contributed by atoms with van der Waals surface area (Å²) in [5, 5.41) is 2.69. The summed E-state index contributed by atoms with van der Waals surface area (Å²) in [4.78, 5) is 35.0. The molecule has 4 aliphatic carbocycles. The number of likely N-dealkylation sites (N-methyl/N-ethyl adjacent to an activating group) is 1. The van der Waals surface area contributed by atoms with E-state index in [-0.39, 0.29) is 17.4 Å². The molecule has 5 fully saturated rings. The first-order valence-electron chi connectivity index (χ1n) is 10.5. The molecule has 146 valence electrons. The molecule has 4 saturated carbocycles. The van der Waals surface area contributed by atoms with E-state index in [4.69, 9.17) is 0 Å². The highest BCUT2D eigenvalue weighted by atomic mass is 32.1. The Hall–Kier alpha value is -1.43. The van der Waals surface area contributed by atoms with Gasteiger partial charge in [0.1, 0.15) is 6.04 Å². The first kappa shape index (κ1) is 17.7. The van der Waals surface area contributed by atoms with Crippen LogP contribution in [0.25, 0.3) is 0 Å². The van der Waals surface area contributed by atoms with E-state index >= 15 is 0 Å². The Morgan fingerprint density at radius 3 is 2.37 bits per heavy atom.